The monoisotopic (exact) mass is 472 g/mol. The molecule has 2 saturated carbocycles. The first-order valence-electron chi connectivity index (χ1n) is 12.8. The first-order chi connectivity index (χ1) is 16.0. The normalized spacial score (nSPS) is 38.2. The highest BCUT2D eigenvalue weighted by Crippen LogP contribution is 2.66. The summed E-state index contributed by atoms with van der Waals surface area (Å²) >= 11 is 0. The number of allylic oxidation sites excluding steroid dienone is 2. The van der Waals surface area contributed by atoms with Crippen LogP contribution in [0.15, 0.2) is 23.3 Å². The lowest BCUT2D eigenvalue weighted by molar-refractivity contribution is -0.167. The number of rotatable bonds is 5. The highest BCUT2D eigenvalue weighted by molar-refractivity contribution is 5.79. The van der Waals surface area contributed by atoms with E-state index in [-0.39, 0.29) is 28.8 Å². The van der Waals surface area contributed by atoms with E-state index in [0.29, 0.717) is 17.8 Å². The summed E-state index contributed by atoms with van der Waals surface area (Å²) in [6, 6.07) is 0. The summed E-state index contributed by atoms with van der Waals surface area (Å²) in [6.07, 6.45) is 11.0. The van der Waals surface area contributed by atoms with Gasteiger partial charge in [-0.3, -0.25) is 9.59 Å². The zero-order valence-electron chi connectivity index (χ0n) is 21.5. The van der Waals surface area contributed by atoms with Crippen LogP contribution in [0.3, 0.4) is 0 Å². The summed E-state index contributed by atoms with van der Waals surface area (Å²) < 4.78 is 16.0. The van der Waals surface area contributed by atoms with Crippen molar-refractivity contribution in [3.8, 4) is 0 Å². The maximum absolute atomic E-state index is 12.5. The van der Waals surface area contributed by atoms with E-state index in [0.717, 1.165) is 44.9 Å². The van der Waals surface area contributed by atoms with Crippen molar-refractivity contribution in [1.29, 1.82) is 0 Å². The first kappa shape index (κ1) is 25.0. The van der Waals surface area contributed by atoms with Gasteiger partial charge in [-0.25, -0.2) is 4.79 Å². The summed E-state index contributed by atoms with van der Waals surface area (Å²) in [6.45, 7) is 9.61. The van der Waals surface area contributed by atoms with Crippen molar-refractivity contribution in [3.63, 3.8) is 0 Å². The second-order valence-electron chi connectivity index (χ2n) is 11.4. The largest absolute Gasteiger partial charge is 0.466 e. The number of hydrogen-bond acceptors (Lipinski definition) is 6. The Kier molecular flexibility index (Phi) is 6.73. The van der Waals surface area contributed by atoms with Gasteiger partial charge in [0.15, 0.2) is 0 Å². The van der Waals surface area contributed by atoms with E-state index in [9.17, 15) is 14.4 Å². The van der Waals surface area contributed by atoms with Crippen molar-refractivity contribution in [3.05, 3.63) is 23.3 Å². The van der Waals surface area contributed by atoms with E-state index in [1.807, 2.05) is 6.92 Å². The van der Waals surface area contributed by atoms with Gasteiger partial charge >= 0.3 is 17.9 Å². The Hall–Kier alpha value is -2.11. The standard InChI is InChI=1S/C28H40O6/c1-16(25(26(31)32-6)34-18(3)30)22-9-10-23-21-8-7-19-15-20(33-17(2)29)11-13-27(19,4)24(21)12-14-28(22,23)5/h7,9,16,20-21,23-25H,8,10-15H2,1-6H3/t16-,20-,21-,23-,24-,25+,27-,28+/m0/s1. The molecule has 34 heavy (non-hydrogen) atoms. The minimum absolute atomic E-state index is 0.0103. The van der Waals surface area contributed by atoms with Crippen LogP contribution < -0.4 is 0 Å². The van der Waals surface area contributed by atoms with Crippen molar-refractivity contribution in [1.82, 2.24) is 0 Å². The van der Waals surface area contributed by atoms with E-state index in [4.69, 9.17) is 14.2 Å². The SMILES string of the molecule is COC(=O)[C@H](OC(C)=O)[C@@H](C)C1=CC[C@H]2[C@@H]3CC=C4C[C@@H](OC(C)=O)CC[C@]4(C)[C@H]3CC[C@]12C. The van der Waals surface area contributed by atoms with Crippen LogP contribution in [0.2, 0.25) is 0 Å². The number of hydrogen-bond donors (Lipinski definition) is 0. The maximum Gasteiger partial charge on any atom is 0.347 e. The van der Waals surface area contributed by atoms with Crippen LogP contribution >= 0.6 is 0 Å². The molecule has 0 saturated heterocycles. The highest BCUT2D eigenvalue weighted by atomic mass is 16.6. The van der Waals surface area contributed by atoms with Crippen molar-refractivity contribution in [2.24, 2.45) is 34.5 Å². The molecule has 6 heteroatoms. The van der Waals surface area contributed by atoms with Crippen LogP contribution in [0.1, 0.15) is 79.6 Å². The fourth-order valence-corrected chi connectivity index (χ4v) is 8.08. The number of esters is 3. The van der Waals surface area contributed by atoms with Crippen LogP contribution in [0.4, 0.5) is 0 Å². The van der Waals surface area contributed by atoms with Gasteiger partial charge in [0.25, 0.3) is 0 Å². The predicted octanol–water partition coefficient (Wildman–Crippen LogP) is 5.16. The van der Waals surface area contributed by atoms with Crippen LogP contribution in [0, 0.1) is 34.5 Å². The lowest BCUT2D eigenvalue weighted by Gasteiger charge is -2.58. The third kappa shape index (κ3) is 4.11. The van der Waals surface area contributed by atoms with E-state index in [1.165, 1.54) is 32.1 Å². The Morgan fingerprint density at radius 3 is 2.32 bits per heavy atom. The van der Waals surface area contributed by atoms with Gasteiger partial charge < -0.3 is 14.2 Å². The zero-order valence-corrected chi connectivity index (χ0v) is 21.5. The fourth-order valence-electron chi connectivity index (χ4n) is 8.08. The lowest BCUT2D eigenvalue weighted by Crippen LogP contribution is -2.51. The molecule has 0 aromatic rings. The van der Waals surface area contributed by atoms with Crippen molar-refractivity contribution in [2.45, 2.75) is 91.8 Å². The molecule has 0 unspecified atom stereocenters. The molecule has 2 fully saturated rings. The molecule has 0 radical (unpaired) electrons. The van der Waals surface area contributed by atoms with Gasteiger partial charge in [-0.15, -0.1) is 0 Å². The van der Waals surface area contributed by atoms with Gasteiger partial charge in [0.2, 0.25) is 6.10 Å². The Balaban J connectivity index is 1.55. The number of ether oxygens (including phenoxy) is 3. The fraction of sp³-hybridized carbons (Fsp3) is 0.750. The molecule has 0 N–H and O–H groups in total. The number of methoxy groups -OCH3 is 1. The second kappa shape index (κ2) is 9.16. The summed E-state index contributed by atoms with van der Waals surface area (Å²) in [5.74, 6) is 0.363. The van der Waals surface area contributed by atoms with Crippen molar-refractivity contribution >= 4 is 17.9 Å². The highest BCUT2D eigenvalue weighted by Gasteiger charge is 2.58. The lowest BCUT2D eigenvalue weighted by atomic mass is 9.47. The molecule has 188 valence electrons. The van der Waals surface area contributed by atoms with Gasteiger partial charge in [-0.1, -0.05) is 44.1 Å². The van der Waals surface area contributed by atoms with E-state index in [1.54, 1.807) is 0 Å². The smallest absolute Gasteiger partial charge is 0.347 e. The molecule has 0 aromatic heterocycles. The quantitative estimate of drug-likeness (QED) is 0.312. The van der Waals surface area contributed by atoms with Gasteiger partial charge in [0.1, 0.15) is 6.10 Å². The topological polar surface area (TPSA) is 78.9 Å². The van der Waals surface area contributed by atoms with E-state index in [2.05, 4.69) is 26.0 Å². The Bertz CT molecular complexity index is 918. The maximum atomic E-state index is 12.5. The minimum Gasteiger partial charge on any atom is -0.466 e. The Labute approximate surface area is 203 Å². The van der Waals surface area contributed by atoms with Crippen LogP contribution in [-0.4, -0.2) is 37.2 Å². The van der Waals surface area contributed by atoms with Crippen LogP contribution in [-0.2, 0) is 28.6 Å². The molecule has 0 aliphatic heterocycles. The predicted molar refractivity (Wildman–Crippen MR) is 127 cm³/mol. The minimum atomic E-state index is -0.908. The molecule has 0 bridgehead atoms. The second-order valence-corrected chi connectivity index (χ2v) is 11.4. The van der Waals surface area contributed by atoms with Gasteiger partial charge in [0, 0.05) is 26.2 Å². The van der Waals surface area contributed by atoms with Crippen LogP contribution in [0.25, 0.3) is 0 Å². The van der Waals surface area contributed by atoms with Crippen molar-refractivity contribution < 1.29 is 28.6 Å². The molecule has 0 amide bonds. The molecule has 8 atom stereocenters. The molecule has 0 spiro atoms. The first-order valence-corrected chi connectivity index (χ1v) is 12.8. The Morgan fingerprint density at radius 2 is 1.68 bits per heavy atom. The summed E-state index contributed by atoms with van der Waals surface area (Å²) in [5, 5.41) is 0. The summed E-state index contributed by atoms with van der Waals surface area (Å²) in [7, 11) is 1.34. The molecule has 4 rings (SSSR count). The molecular formula is C28H40O6. The zero-order chi connectivity index (χ0) is 24.8. The molecule has 6 nitrogen and oxygen atoms in total. The molecule has 0 heterocycles. The number of fused-ring (bicyclic) bond motifs is 5. The van der Waals surface area contributed by atoms with E-state index < -0.39 is 18.0 Å². The average Bonchev–Trinajstić information content (AvgIpc) is 3.13. The van der Waals surface area contributed by atoms with Crippen LogP contribution in [0.5, 0.6) is 0 Å². The number of carbonyl (C=O) groups excluding carboxylic acids is 3. The summed E-state index contributed by atoms with van der Waals surface area (Å²) in [5.41, 5.74) is 2.88. The summed E-state index contributed by atoms with van der Waals surface area (Å²) in [4.78, 5) is 35.7. The molecular weight excluding hydrogens is 432 g/mol. The third-order valence-electron chi connectivity index (χ3n) is 9.70. The van der Waals surface area contributed by atoms with Gasteiger partial charge in [0.05, 0.1) is 7.11 Å². The van der Waals surface area contributed by atoms with Crippen molar-refractivity contribution in [2.75, 3.05) is 7.11 Å². The van der Waals surface area contributed by atoms with E-state index >= 15 is 0 Å². The van der Waals surface area contributed by atoms with Gasteiger partial charge in [-0.05, 0) is 67.1 Å². The molecule has 0 aromatic carbocycles. The van der Waals surface area contributed by atoms with Gasteiger partial charge in [-0.2, -0.15) is 0 Å². The average molecular weight is 473 g/mol. The third-order valence-corrected chi connectivity index (χ3v) is 9.70. The Morgan fingerprint density at radius 1 is 0.971 bits per heavy atom. The molecule has 4 aliphatic rings. The molecule has 4 aliphatic carbocycles. The number of carbonyl (C=O) groups is 3.